The summed E-state index contributed by atoms with van der Waals surface area (Å²) in [6.07, 6.45) is 4.18. The molecular formula is C17H26FN3O. The van der Waals surface area contributed by atoms with Gasteiger partial charge in [0.1, 0.15) is 5.82 Å². The fourth-order valence-corrected chi connectivity index (χ4v) is 2.86. The number of likely N-dealkylation sites (tertiary alicyclic amines) is 1. The Morgan fingerprint density at radius 3 is 2.59 bits per heavy atom. The summed E-state index contributed by atoms with van der Waals surface area (Å²) in [6, 6.07) is 5.87. The Balaban J connectivity index is 1.64. The minimum atomic E-state index is -0.292. The standard InChI is InChI=1S/C17H26FN3O/c1-19-10-6-14-7-11-21(12-8-14)13-9-17(22)20-16-4-2-15(18)3-5-16/h2-5,14,19H,6-13H2,1H3,(H,20,22). The van der Waals surface area contributed by atoms with Gasteiger partial charge in [0, 0.05) is 18.7 Å². The number of hydrogen-bond acceptors (Lipinski definition) is 3. The second kappa shape index (κ2) is 8.86. The van der Waals surface area contributed by atoms with Crippen molar-refractivity contribution in [3.05, 3.63) is 30.1 Å². The first-order valence-electron chi connectivity index (χ1n) is 8.10. The molecular weight excluding hydrogens is 281 g/mol. The fourth-order valence-electron chi connectivity index (χ4n) is 2.86. The van der Waals surface area contributed by atoms with Crippen molar-refractivity contribution in [3.63, 3.8) is 0 Å². The predicted molar refractivity (Wildman–Crippen MR) is 87.4 cm³/mol. The van der Waals surface area contributed by atoms with Crippen LogP contribution in [0.4, 0.5) is 10.1 Å². The molecule has 1 heterocycles. The van der Waals surface area contributed by atoms with E-state index in [1.165, 1.54) is 31.4 Å². The normalized spacial score (nSPS) is 16.6. The molecule has 2 rings (SSSR count). The molecule has 1 fully saturated rings. The zero-order chi connectivity index (χ0) is 15.8. The van der Waals surface area contributed by atoms with Crippen LogP contribution in [0.25, 0.3) is 0 Å². The van der Waals surface area contributed by atoms with E-state index in [9.17, 15) is 9.18 Å². The molecule has 5 heteroatoms. The first-order valence-corrected chi connectivity index (χ1v) is 8.10. The molecule has 0 atom stereocenters. The number of anilines is 1. The Kier molecular flexibility index (Phi) is 6.80. The Morgan fingerprint density at radius 1 is 1.27 bits per heavy atom. The third kappa shape index (κ3) is 5.73. The van der Waals surface area contributed by atoms with E-state index in [4.69, 9.17) is 0 Å². The highest BCUT2D eigenvalue weighted by molar-refractivity contribution is 5.90. The maximum atomic E-state index is 12.8. The van der Waals surface area contributed by atoms with Crippen LogP contribution in [0.5, 0.6) is 0 Å². The van der Waals surface area contributed by atoms with Crippen LogP contribution in [0, 0.1) is 11.7 Å². The van der Waals surface area contributed by atoms with Crippen LogP contribution < -0.4 is 10.6 Å². The van der Waals surface area contributed by atoms with Gasteiger partial charge in [-0.15, -0.1) is 0 Å². The lowest BCUT2D eigenvalue weighted by molar-refractivity contribution is -0.116. The molecule has 1 aliphatic rings. The topological polar surface area (TPSA) is 44.4 Å². The smallest absolute Gasteiger partial charge is 0.225 e. The molecule has 0 aliphatic carbocycles. The van der Waals surface area contributed by atoms with Crippen molar-refractivity contribution >= 4 is 11.6 Å². The number of carbonyl (C=O) groups is 1. The number of piperidine rings is 1. The van der Waals surface area contributed by atoms with Gasteiger partial charge in [0.05, 0.1) is 0 Å². The van der Waals surface area contributed by atoms with E-state index in [0.717, 1.165) is 32.1 Å². The predicted octanol–water partition coefficient (Wildman–Crippen LogP) is 2.48. The van der Waals surface area contributed by atoms with E-state index in [2.05, 4.69) is 15.5 Å². The number of nitrogens with zero attached hydrogens (tertiary/aromatic N) is 1. The average Bonchev–Trinajstić information content (AvgIpc) is 2.54. The molecule has 4 nitrogen and oxygen atoms in total. The van der Waals surface area contributed by atoms with Crippen molar-refractivity contribution in [3.8, 4) is 0 Å². The molecule has 1 aromatic rings. The van der Waals surface area contributed by atoms with Crippen molar-refractivity contribution < 1.29 is 9.18 Å². The van der Waals surface area contributed by atoms with Gasteiger partial charge in [-0.05, 0) is 76.1 Å². The second-order valence-corrected chi connectivity index (χ2v) is 5.98. The summed E-state index contributed by atoms with van der Waals surface area (Å²) in [6.45, 7) is 4.05. The van der Waals surface area contributed by atoms with Gasteiger partial charge in [-0.1, -0.05) is 0 Å². The van der Waals surface area contributed by atoms with Crippen molar-refractivity contribution in [1.29, 1.82) is 0 Å². The summed E-state index contributed by atoms with van der Waals surface area (Å²) in [4.78, 5) is 14.3. The van der Waals surface area contributed by atoms with Crippen LogP contribution in [0.15, 0.2) is 24.3 Å². The monoisotopic (exact) mass is 307 g/mol. The van der Waals surface area contributed by atoms with Gasteiger partial charge in [0.2, 0.25) is 5.91 Å². The Bertz CT molecular complexity index is 455. The van der Waals surface area contributed by atoms with E-state index in [-0.39, 0.29) is 11.7 Å². The highest BCUT2D eigenvalue weighted by Gasteiger charge is 2.19. The van der Waals surface area contributed by atoms with Gasteiger partial charge < -0.3 is 15.5 Å². The molecule has 0 aromatic heterocycles. The van der Waals surface area contributed by atoms with Crippen LogP contribution in [0.2, 0.25) is 0 Å². The van der Waals surface area contributed by atoms with E-state index in [1.807, 2.05) is 7.05 Å². The maximum absolute atomic E-state index is 12.8. The summed E-state index contributed by atoms with van der Waals surface area (Å²) < 4.78 is 12.8. The third-order valence-electron chi connectivity index (χ3n) is 4.29. The average molecular weight is 307 g/mol. The first-order chi connectivity index (χ1) is 10.7. The third-order valence-corrected chi connectivity index (χ3v) is 4.29. The summed E-state index contributed by atoms with van der Waals surface area (Å²) in [7, 11) is 1.99. The van der Waals surface area contributed by atoms with Crippen LogP contribution in [-0.4, -0.2) is 44.0 Å². The highest BCUT2D eigenvalue weighted by Crippen LogP contribution is 2.20. The van der Waals surface area contributed by atoms with Crippen molar-refractivity contribution in [2.75, 3.05) is 38.5 Å². The summed E-state index contributed by atoms with van der Waals surface area (Å²) in [5.41, 5.74) is 0.650. The van der Waals surface area contributed by atoms with Crippen molar-refractivity contribution in [1.82, 2.24) is 10.2 Å². The summed E-state index contributed by atoms with van der Waals surface area (Å²) >= 11 is 0. The van der Waals surface area contributed by atoms with Crippen LogP contribution in [-0.2, 0) is 4.79 Å². The molecule has 0 radical (unpaired) electrons. The van der Waals surface area contributed by atoms with E-state index in [0.29, 0.717) is 12.1 Å². The Morgan fingerprint density at radius 2 is 1.95 bits per heavy atom. The Labute approximate surface area is 132 Å². The number of halogens is 1. The van der Waals surface area contributed by atoms with Crippen LogP contribution >= 0.6 is 0 Å². The van der Waals surface area contributed by atoms with Crippen molar-refractivity contribution in [2.24, 2.45) is 5.92 Å². The van der Waals surface area contributed by atoms with Gasteiger partial charge in [-0.3, -0.25) is 4.79 Å². The number of benzene rings is 1. The van der Waals surface area contributed by atoms with Gasteiger partial charge in [0.25, 0.3) is 0 Å². The quantitative estimate of drug-likeness (QED) is 0.813. The lowest BCUT2D eigenvalue weighted by atomic mass is 9.93. The van der Waals surface area contributed by atoms with E-state index < -0.39 is 0 Å². The first kappa shape index (κ1) is 16.9. The van der Waals surface area contributed by atoms with Crippen LogP contribution in [0.1, 0.15) is 25.7 Å². The highest BCUT2D eigenvalue weighted by atomic mass is 19.1. The molecule has 2 N–H and O–H groups in total. The zero-order valence-electron chi connectivity index (χ0n) is 13.3. The molecule has 1 aliphatic heterocycles. The van der Waals surface area contributed by atoms with Crippen LogP contribution in [0.3, 0.4) is 0 Å². The van der Waals surface area contributed by atoms with E-state index >= 15 is 0 Å². The number of nitrogens with one attached hydrogen (secondary N) is 2. The molecule has 0 saturated carbocycles. The summed E-state index contributed by atoms with van der Waals surface area (Å²) in [5.74, 6) is 0.514. The molecule has 122 valence electrons. The molecule has 0 bridgehead atoms. The minimum absolute atomic E-state index is 0.0103. The SMILES string of the molecule is CNCCC1CCN(CCC(=O)Nc2ccc(F)cc2)CC1. The maximum Gasteiger partial charge on any atom is 0.225 e. The molecule has 22 heavy (non-hydrogen) atoms. The lowest BCUT2D eigenvalue weighted by Crippen LogP contribution is -2.36. The Hall–Kier alpha value is -1.46. The molecule has 0 unspecified atom stereocenters. The van der Waals surface area contributed by atoms with Gasteiger partial charge in [-0.25, -0.2) is 4.39 Å². The van der Waals surface area contributed by atoms with E-state index in [1.54, 1.807) is 12.1 Å². The molecule has 1 aromatic carbocycles. The molecule has 1 amide bonds. The van der Waals surface area contributed by atoms with Gasteiger partial charge in [0.15, 0.2) is 0 Å². The van der Waals surface area contributed by atoms with Gasteiger partial charge >= 0.3 is 0 Å². The zero-order valence-corrected chi connectivity index (χ0v) is 13.3. The number of amides is 1. The minimum Gasteiger partial charge on any atom is -0.326 e. The number of carbonyl (C=O) groups excluding carboxylic acids is 1. The fraction of sp³-hybridized carbons (Fsp3) is 0.588. The number of rotatable bonds is 7. The molecule has 1 saturated heterocycles. The lowest BCUT2D eigenvalue weighted by Gasteiger charge is -2.31. The molecule has 0 spiro atoms. The van der Waals surface area contributed by atoms with Crippen molar-refractivity contribution in [2.45, 2.75) is 25.7 Å². The summed E-state index contributed by atoms with van der Waals surface area (Å²) in [5, 5.41) is 6.01. The van der Waals surface area contributed by atoms with Gasteiger partial charge in [-0.2, -0.15) is 0 Å². The largest absolute Gasteiger partial charge is 0.326 e. The number of hydrogen-bond donors (Lipinski definition) is 2. The second-order valence-electron chi connectivity index (χ2n) is 5.98.